The van der Waals surface area contributed by atoms with Crippen LogP contribution in [0.25, 0.3) is 11.3 Å². The molecular weight excluding hydrogens is 302 g/mol. The van der Waals surface area contributed by atoms with Gasteiger partial charge in [0.2, 0.25) is 0 Å². The molecule has 0 saturated heterocycles. The molecule has 2 aromatic rings. The monoisotopic (exact) mass is 319 g/mol. The van der Waals surface area contributed by atoms with Crippen LogP contribution in [0, 0.1) is 0 Å². The standard InChI is InChI=1S/C15H18BrN3/c1-15(2,3)14-18-12(9-13(17-4)19-14)10-6-5-7-11(16)8-10/h5-9H,1-4H3,(H,17,18,19). The average molecular weight is 320 g/mol. The van der Waals surface area contributed by atoms with Gasteiger partial charge in [0.1, 0.15) is 11.6 Å². The molecule has 0 aliphatic rings. The summed E-state index contributed by atoms with van der Waals surface area (Å²) in [6, 6.07) is 10.1. The molecule has 0 atom stereocenters. The molecule has 19 heavy (non-hydrogen) atoms. The largest absolute Gasteiger partial charge is 0.373 e. The van der Waals surface area contributed by atoms with Crippen LogP contribution >= 0.6 is 15.9 Å². The summed E-state index contributed by atoms with van der Waals surface area (Å²) >= 11 is 3.49. The van der Waals surface area contributed by atoms with Crippen molar-refractivity contribution >= 4 is 21.7 Å². The van der Waals surface area contributed by atoms with Crippen molar-refractivity contribution in [2.45, 2.75) is 26.2 Å². The maximum Gasteiger partial charge on any atom is 0.136 e. The van der Waals surface area contributed by atoms with E-state index in [1.807, 2.05) is 25.2 Å². The van der Waals surface area contributed by atoms with Crippen molar-refractivity contribution < 1.29 is 0 Å². The second-order valence-corrected chi connectivity index (χ2v) is 6.39. The zero-order valence-electron chi connectivity index (χ0n) is 11.7. The Morgan fingerprint density at radius 1 is 1.11 bits per heavy atom. The lowest BCUT2D eigenvalue weighted by Crippen LogP contribution is -2.17. The molecule has 0 aliphatic carbocycles. The Labute approximate surface area is 122 Å². The molecule has 2 rings (SSSR count). The van der Waals surface area contributed by atoms with Gasteiger partial charge in [-0.25, -0.2) is 9.97 Å². The predicted octanol–water partition coefficient (Wildman–Crippen LogP) is 4.25. The van der Waals surface area contributed by atoms with Gasteiger partial charge in [0.15, 0.2) is 0 Å². The van der Waals surface area contributed by atoms with Crippen molar-refractivity contribution in [1.82, 2.24) is 9.97 Å². The minimum atomic E-state index is -0.0758. The molecule has 0 amide bonds. The summed E-state index contributed by atoms with van der Waals surface area (Å²) in [5.41, 5.74) is 1.94. The van der Waals surface area contributed by atoms with E-state index in [1.165, 1.54) is 0 Å². The van der Waals surface area contributed by atoms with E-state index < -0.39 is 0 Å². The molecule has 0 aliphatic heterocycles. The van der Waals surface area contributed by atoms with Crippen molar-refractivity contribution in [1.29, 1.82) is 0 Å². The van der Waals surface area contributed by atoms with E-state index in [1.54, 1.807) is 0 Å². The minimum Gasteiger partial charge on any atom is -0.373 e. The number of anilines is 1. The van der Waals surface area contributed by atoms with Crippen molar-refractivity contribution in [3.63, 3.8) is 0 Å². The molecule has 3 nitrogen and oxygen atoms in total. The van der Waals surface area contributed by atoms with Gasteiger partial charge in [-0.2, -0.15) is 0 Å². The number of benzene rings is 1. The third kappa shape index (κ3) is 3.32. The summed E-state index contributed by atoms with van der Waals surface area (Å²) in [7, 11) is 1.87. The van der Waals surface area contributed by atoms with Gasteiger partial charge in [-0.3, -0.25) is 0 Å². The number of hydrogen-bond acceptors (Lipinski definition) is 3. The van der Waals surface area contributed by atoms with Crippen LogP contribution in [0.3, 0.4) is 0 Å². The van der Waals surface area contributed by atoms with Crippen molar-refractivity contribution in [2.24, 2.45) is 0 Å². The molecule has 1 N–H and O–H groups in total. The average Bonchev–Trinajstić information content (AvgIpc) is 2.37. The molecule has 1 aromatic heterocycles. The van der Waals surface area contributed by atoms with Gasteiger partial charge in [-0.05, 0) is 12.1 Å². The van der Waals surface area contributed by atoms with Crippen LogP contribution in [0.1, 0.15) is 26.6 Å². The summed E-state index contributed by atoms with van der Waals surface area (Å²) in [5.74, 6) is 1.68. The third-order valence-electron chi connectivity index (χ3n) is 2.77. The first-order chi connectivity index (χ1) is 8.90. The van der Waals surface area contributed by atoms with Gasteiger partial charge < -0.3 is 5.32 Å². The highest BCUT2D eigenvalue weighted by molar-refractivity contribution is 9.10. The summed E-state index contributed by atoms with van der Waals surface area (Å²) in [4.78, 5) is 9.23. The van der Waals surface area contributed by atoms with Gasteiger partial charge in [0.05, 0.1) is 5.69 Å². The van der Waals surface area contributed by atoms with Gasteiger partial charge in [-0.1, -0.05) is 48.8 Å². The summed E-state index contributed by atoms with van der Waals surface area (Å²) < 4.78 is 1.05. The number of nitrogens with one attached hydrogen (secondary N) is 1. The smallest absolute Gasteiger partial charge is 0.136 e. The Morgan fingerprint density at radius 2 is 1.84 bits per heavy atom. The highest BCUT2D eigenvalue weighted by Crippen LogP contribution is 2.26. The fraction of sp³-hybridized carbons (Fsp3) is 0.333. The topological polar surface area (TPSA) is 37.8 Å². The lowest BCUT2D eigenvalue weighted by molar-refractivity contribution is 0.547. The van der Waals surface area contributed by atoms with Crippen molar-refractivity contribution in [3.05, 3.63) is 40.6 Å². The first-order valence-electron chi connectivity index (χ1n) is 6.23. The summed E-state index contributed by atoms with van der Waals surface area (Å²) in [6.07, 6.45) is 0. The Balaban J connectivity index is 2.57. The fourth-order valence-electron chi connectivity index (χ4n) is 1.71. The summed E-state index contributed by atoms with van der Waals surface area (Å²) in [6.45, 7) is 6.35. The molecule has 1 aromatic carbocycles. The number of nitrogens with zero attached hydrogens (tertiary/aromatic N) is 2. The van der Waals surface area contributed by atoms with Gasteiger partial charge in [-0.15, -0.1) is 0 Å². The maximum atomic E-state index is 4.69. The van der Waals surface area contributed by atoms with Crippen molar-refractivity contribution in [2.75, 3.05) is 12.4 Å². The fourth-order valence-corrected chi connectivity index (χ4v) is 2.11. The van der Waals surface area contributed by atoms with Crippen LogP contribution in [0.15, 0.2) is 34.8 Å². The van der Waals surface area contributed by atoms with E-state index in [0.717, 1.165) is 27.4 Å². The van der Waals surface area contributed by atoms with Crippen LogP contribution in [0.2, 0.25) is 0 Å². The zero-order chi connectivity index (χ0) is 14.0. The van der Waals surface area contributed by atoms with E-state index in [4.69, 9.17) is 4.98 Å². The molecule has 0 spiro atoms. The van der Waals surface area contributed by atoms with E-state index in [-0.39, 0.29) is 5.41 Å². The molecule has 100 valence electrons. The van der Waals surface area contributed by atoms with Crippen LogP contribution in [-0.2, 0) is 5.41 Å². The Kier molecular flexibility index (Phi) is 3.90. The van der Waals surface area contributed by atoms with E-state index in [2.05, 4.69) is 59.1 Å². The van der Waals surface area contributed by atoms with E-state index in [9.17, 15) is 0 Å². The SMILES string of the molecule is CNc1cc(-c2cccc(Br)c2)nc(C(C)(C)C)n1. The number of aromatic nitrogens is 2. The quantitative estimate of drug-likeness (QED) is 0.899. The number of hydrogen-bond donors (Lipinski definition) is 1. The second kappa shape index (κ2) is 5.29. The molecule has 0 saturated carbocycles. The number of halogens is 1. The molecular formula is C15H18BrN3. The van der Waals surface area contributed by atoms with E-state index >= 15 is 0 Å². The van der Waals surface area contributed by atoms with Crippen LogP contribution in [0.4, 0.5) is 5.82 Å². The molecule has 0 bridgehead atoms. The normalized spacial score (nSPS) is 11.4. The first kappa shape index (κ1) is 14.0. The second-order valence-electron chi connectivity index (χ2n) is 5.47. The lowest BCUT2D eigenvalue weighted by atomic mass is 9.95. The molecule has 0 unspecified atom stereocenters. The van der Waals surface area contributed by atoms with Crippen LogP contribution in [0.5, 0.6) is 0 Å². The highest BCUT2D eigenvalue weighted by Gasteiger charge is 2.19. The zero-order valence-corrected chi connectivity index (χ0v) is 13.2. The van der Waals surface area contributed by atoms with Gasteiger partial charge >= 0.3 is 0 Å². The molecule has 0 radical (unpaired) electrons. The van der Waals surface area contributed by atoms with Crippen molar-refractivity contribution in [3.8, 4) is 11.3 Å². The summed E-state index contributed by atoms with van der Waals surface area (Å²) in [5, 5.41) is 3.10. The Morgan fingerprint density at radius 3 is 2.42 bits per heavy atom. The predicted molar refractivity (Wildman–Crippen MR) is 83.4 cm³/mol. The Hall–Kier alpha value is -1.42. The first-order valence-corrected chi connectivity index (χ1v) is 7.03. The third-order valence-corrected chi connectivity index (χ3v) is 3.27. The lowest BCUT2D eigenvalue weighted by Gasteiger charge is -2.18. The van der Waals surface area contributed by atoms with Gasteiger partial charge in [0.25, 0.3) is 0 Å². The minimum absolute atomic E-state index is 0.0758. The van der Waals surface area contributed by atoms with Gasteiger partial charge in [0, 0.05) is 28.6 Å². The highest BCUT2D eigenvalue weighted by atomic mass is 79.9. The molecule has 4 heteroatoms. The maximum absolute atomic E-state index is 4.69. The molecule has 1 heterocycles. The van der Waals surface area contributed by atoms with E-state index in [0.29, 0.717) is 0 Å². The van der Waals surface area contributed by atoms with Crippen LogP contribution in [-0.4, -0.2) is 17.0 Å². The number of rotatable bonds is 2. The Bertz CT molecular complexity index is 588. The van der Waals surface area contributed by atoms with Crippen LogP contribution < -0.4 is 5.32 Å². The molecule has 0 fully saturated rings.